The van der Waals surface area contributed by atoms with Crippen LogP contribution < -0.4 is 0 Å². The largest absolute Gasteiger partial charge is 0.481 e. The third kappa shape index (κ3) is 2.82. The predicted octanol–water partition coefficient (Wildman–Crippen LogP) is 1.43. The summed E-state index contributed by atoms with van der Waals surface area (Å²) >= 11 is 1.22. The molecule has 0 bridgehead atoms. The van der Waals surface area contributed by atoms with Crippen LogP contribution in [-0.4, -0.2) is 40.9 Å². The fraction of sp³-hybridized carbons (Fsp3) is 0.636. The molecule has 0 saturated heterocycles. The van der Waals surface area contributed by atoms with E-state index in [1.165, 1.54) is 11.5 Å². The Morgan fingerprint density at radius 2 is 2.15 bits per heavy atom. The zero-order valence-electron chi connectivity index (χ0n) is 11.5. The summed E-state index contributed by atoms with van der Waals surface area (Å²) in [5, 5.41) is 24.8. The molecule has 1 unspecified atom stereocenters. The fourth-order valence-corrected chi connectivity index (χ4v) is 2.69. The molecule has 0 aliphatic heterocycles. The van der Waals surface area contributed by atoms with Crippen LogP contribution in [0.25, 0.3) is 10.7 Å². The van der Waals surface area contributed by atoms with Gasteiger partial charge in [0.1, 0.15) is 4.88 Å². The summed E-state index contributed by atoms with van der Waals surface area (Å²) in [6.45, 7) is 5.88. The van der Waals surface area contributed by atoms with E-state index in [4.69, 9.17) is 5.11 Å². The Balaban J connectivity index is 2.43. The molecule has 2 rings (SSSR count). The van der Waals surface area contributed by atoms with Gasteiger partial charge in [0.15, 0.2) is 5.82 Å². The summed E-state index contributed by atoms with van der Waals surface area (Å²) in [7, 11) is 0. The van der Waals surface area contributed by atoms with Gasteiger partial charge >= 0.3 is 5.97 Å². The molecule has 8 nitrogen and oxygen atoms in total. The van der Waals surface area contributed by atoms with E-state index in [0.717, 1.165) is 17.0 Å². The standard InChI is InChI=1S/C11H16N6O2S/c1-4-7-10(20-16-12-7)11-13-14-15-17(11)8(6(2)3)5-9(18)19/h6,8H,4-5H2,1-3H3,(H,18,19). The molecule has 2 heterocycles. The molecule has 0 fully saturated rings. The summed E-state index contributed by atoms with van der Waals surface area (Å²) in [4.78, 5) is 11.8. The molecule has 108 valence electrons. The lowest BCUT2D eigenvalue weighted by atomic mass is 10.0. The first-order chi connectivity index (χ1) is 9.54. The summed E-state index contributed by atoms with van der Waals surface area (Å²) in [5.41, 5.74) is 0.823. The second kappa shape index (κ2) is 6.04. The minimum atomic E-state index is -0.872. The predicted molar refractivity (Wildman–Crippen MR) is 72.2 cm³/mol. The Labute approximate surface area is 120 Å². The fourth-order valence-electron chi connectivity index (χ4n) is 1.96. The molecule has 0 aliphatic carbocycles. The van der Waals surface area contributed by atoms with Crippen molar-refractivity contribution in [2.75, 3.05) is 0 Å². The molecule has 20 heavy (non-hydrogen) atoms. The highest BCUT2D eigenvalue weighted by Gasteiger charge is 2.26. The molecule has 9 heteroatoms. The van der Waals surface area contributed by atoms with E-state index in [2.05, 4.69) is 25.1 Å². The molecule has 0 amide bonds. The van der Waals surface area contributed by atoms with Crippen LogP contribution in [0.5, 0.6) is 0 Å². The lowest BCUT2D eigenvalue weighted by molar-refractivity contribution is -0.138. The normalized spacial score (nSPS) is 12.8. The number of carboxylic acid groups (broad SMARTS) is 1. The molecule has 0 aromatic carbocycles. The van der Waals surface area contributed by atoms with Gasteiger partial charge in [-0.2, -0.15) is 0 Å². The first kappa shape index (κ1) is 14.5. The molecule has 0 saturated carbocycles. The molecule has 0 aliphatic rings. The van der Waals surface area contributed by atoms with E-state index in [-0.39, 0.29) is 18.4 Å². The zero-order valence-corrected chi connectivity index (χ0v) is 12.3. The maximum absolute atomic E-state index is 11.0. The van der Waals surface area contributed by atoms with Gasteiger partial charge in [-0.25, -0.2) is 4.68 Å². The van der Waals surface area contributed by atoms with E-state index >= 15 is 0 Å². The average molecular weight is 296 g/mol. The molecule has 1 N–H and O–H groups in total. The van der Waals surface area contributed by atoms with Gasteiger partial charge in [0.05, 0.1) is 18.2 Å². The monoisotopic (exact) mass is 296 g/mol. The average Bonchev–Trinajstić information content (AvgIpc) is 3.02. The minimum Gasteiger partial charge on any atom is -0.481 e. The zero-order chi connectivity index (χ0) is 14.7. The van der Waals surface area contributed by atoms with Crippen molar-refractivity contribution in [1.29, 1.82) is 0 Å². The van der Waals surface area contributed by atoms with Gasteiger partial charge < -0.3 is 5.11 Å². The highest BCUT2D eigenvalue weighted by Crippen LogP contribution is 2.29. The van der Waals surface area contributed by atoms with Gasteiger partial charge in [0, 0.05) is 0 Å². The number of hydrogen-bond donors (Lipinski definition) is 1. The lowest BCUT2D eigenvalue weighted by Gasteiger charge is -2.19. The molecule has 1 atom stereocenters. The van der Waals surface area contributed by atoms with Crippen molar-refractivity contribution in [3.05, 3.63) is 5.69 Å². The van der Waals surface area contributed by atoms with E-state index in [1.807, 2.05) is 20.8 Å². The maximum Gasteiger partial charge on any atom is 0.305 e. The number of rotatable bonds is 6. The summed E-state index contributed by atoms with van der Waals surface area (Å²) in [6, 6.07) is -0.302. The summed E-state index contributed by atoms with van der Waals surface area (Å²) in [5.74, 6) is -0.237. The van der Waals surface area contributed by atoms with E-state index in [9.17, 15) is 4.79 Å². The Morgan fingerprint density at radius 1 is 1.40 bits per heavy atom. The van der Waals surface area contributed by atoms with Gasteiger partial charge in [0.2, 0.25) is 0 Å². The molecule has 0 spiro atoms. The first-order valence-corrected chi connectivity index (χ1v) is 7.13. The van der Waals surface area contributed by atoms with Gasteiger partial charge in [0.25, 0.3) is 0 Å². The van der Waals surface area contributed by atoms with E-state index < -0.39 is 5.97 Å². The van der Waals surface area contributed by atoms with Crippen molar-refractivity contribution in [3.63, 3.8) is 0 Å². The van der Waals surface area contributed by atoms with Crippen LogP contribution in [-0.2, 0) is 11.2 Å². The Kier molecular flexibility index (Phi) is 4.38. The second-order valence-electron chi connectivity index (χ2n) is 4.76. The Morgan fingerprint density at radius 3 is 2.75 bits per heavy atom. The number of tetrazole rings is 1. The van der Waals surface area contributed by atoms with Crippen LogP contribution in [0.1, 0.15) is 38.9 Å². The van der Waals surface area contributed by atoms with Crippen LogP contribution in [0.4, 0.5) is 0 Å². The van der Waals surface area contributed by atoms with Gasteiger partial charge in [-0.1, -0.05) is 25.3 Å². The number of carboxylic acids is 1. The molecular weight excluding hydrogens is 280 g/mol. The highest BCUT2D eigenvalue weighted by molar-refractivity contribution is 7.09. The quantitative estimate of drug-likeness (QED) is 0.859. The van der Waals surface area contributed by atoms with Gasteiger partial charge in [-0.05, 0) is 34.3 Å². The van der Waals surface area contributed by atoms with Crippen LogP contribution in [0, 0.1) is 5.92 Å². The van der Waals surface area contributed by atoms with Crippen molar-refractivity contribution in [2.24, 2.45) is 5.92 Å². The highest BCUT2D eigenvalue weighted by atomic mass is 32.1. The van der Waals surface area contributed by atoms with Crippen LogP contribution in [0.15, 0.2) is 0 Å². The van der Waals surface area contributed by atoms with Crippen LogP contribution >= 0.6 is 11.5 Å². The second-order valence-corrected chi connectivity index (χ2v) is 5.51. The molecule has 2 aromatic heterocycles. The number of aromatic nitrogens is 6. The van der Waals surface area contributed by atoms with Crippen molar-refractivity contribution in [3.8, 4) is 10.7 Å². The van der Waals surface area contributed by atoms with Gasteiger partial charge in [-0.15, -0.1) is 10.2 Å². The number of aryl methyl sites for hydroxylation is 1. The lowest BCUT2D eigenvalue weighted by Crippen LogP contribution is -2.21. The minimum absolute atomic E-state index is 0.0244. The smallest absolute Gasteiger partial charge is 0.305 e. The molecule has 0 radical (unpaired) electrons. The maximum atomic E-state index is 11.0. The number of aliphatic carboxylic acids is 1. The SMILES string of the molecule is CCc1nnsc1-c1nnnn1C(CC(=O)O)C(C)C. The Hall–Kier alpha value is -1.90. The van der Waals surface area contributed by atoms with Crippen LogP contribution in [0.3, 0.4) is 0 Å². The van der Waals surface area contributed by atoms with Crippen molar-refractivity contribution in [1.82, 2.24) is 29.8 Å². The topological polar surface area (TPSA) is 107 Å². The third-order valence-corrected chi connectivity index (χ3v) is 3.82. The van der Waals surface area contributed by atoms with Crippen molar-refractivity contribution in [2.45, 2.75) is 39.7 Å². The Bertz CT molecular complexity index is 593. The number of carbonyl (C=O) groups is 1. The number of hydrogen-bond acceptors (Lipinski definition) is 7. The number of nitrogens with zero attached hydrogens (tertiary/aromatic N) is 6. The van der Waals surface area contributed by atoms with Crippen molar-refractivity contribution < 1.29 is 9.90 Å². The van der Waals surface area contributed by atoms with E-state index in [1.54, 1.807) is 4.68 Å². The summed E-state index contributed by atoms with van der Waals surface area (Å²) in [6.07, 6.45) is 0.702. The summed E-state index contributed by atoms with van der Waals surface area (Å²) < 4.78 is 5.50. The van der Waals surface area contributed by atoms with E-state index in [0.29, 0.717) is 5.82 Å². The van der Waals surface area contributed by atoms with Crippen molar-refractivity contribution >= 4 is 17.5 Å². The first-order valence-electron chi connectivity index (χ1n) is 6.35. The third-order valence-electron chi connectivity index (χ3n) is 3.05. The molecule has 2 aromatic rings. The molecular formula is C11H16N6O2S. The van der Waals surface area contributed by atoms with Gasteiger partial charge in [-0.3, -0.25) is 4.79 Å². The van der Waals surface area contributed by atoms with Crippen LogP contribution in [0.2, 0.25) is 0 Å².